The molecule has 1 N–H and O–H groups in total. The van der Waals surface area contributed by atoms with Crippen molar-refractivity contribution in [3.8, 4) is 10.4 Å². The van der Waals surface area contributed by atoms with E-state index in [9.17, 15) is 0 Å². The maximum Gasteiger partial charge on any atom is 0.0351 e. The molecule has 0 saturated heterocycles. The number of hydrogen-bond acceptors (Lipinski definition) is 3. The van der Waals surface area contributed by atoms with Gasteiger partial charge in [0.25, 0.3) is 0 Å². The molecule has 0 amide bonds. The van der Waals surface area contributed by atoms with Crippen LogP contribution in [0.2, 0.25) is 0 Å². The predicted molar refractivity (Wildman–Crippen MR) is 81.3 cm³/mol. The summed E-state index contributed by atoms with van der Waals surface area (Å²) >= 11 is 3.70. The molecule has 1 aliphatic carbocycles. The van der Waals surface area contributed by atoms with Crippen LogP contribution in [-0.2, 0) is 6.54 Å². The van der Waals surface area contributed by atoms with Crippen molar-refractivity contribution < 1.29 is 0 Å². The van der Waals surface area contributed by atoms with Crippen LogP contribution in [0, 0.1) is 5.92 Å². The molecule has 2 unspecified atom stereocenters. The van der Waals surface area contributed by atoms with Gasteiger partial charge < -0.3 is 5.32 Å². The summed E-state index contributed by atoms with van der Waals surface area (Å²) in [7, 11) is 0. The van der Waals surface area contributed by atoms with Gasteiger partial charge in [-0.15, -0.1) is 22.7 Å². The van der Waals surface area contributed by atoms with E-state index in [1.807, 2.05) is 22.7 Å². The minimum Gasteiger partial charge on any atom is -0.309 e. The zero-order valence-electron chi connectivity index (χ0n) is 10.7. The zero-order valence-corrected chi connectivity index (χ0v) is 12.3. The van der Waals surface area contributed by atoms with Crippen LogP contribution < -0.4 is 5.32 Å². The maximum absolute atomic E-state index is 3.72. The fraction of sp³-hybridized carbons (Fsp3) is 0.467. The molecular weight excluding hydrogens is 258 g/mol. The third kappa shape index (κ3) is 2.68. The van der Waals surface area contributed by atoms with E-state index in [2.05, 4.69) is 41.2 Å². The van der Waals surface area contributed by atoms with Gasteiger partial charge in [-0.3, -0.25) is 0 Å². The Morgan fingerprint density at radius 1 is 1.33 bits per heavy atom. The van der Waals surface area contributed by atoms with Crippen LogP contribution in [0.15, 0.2) is 29.0 Å². The van der Waals surface area contributed by atoms with Crippen molar-refractivity contribution in [2.75, 3.05) is 0 Å². The van der Waals surface area contributed by atoms with Crippen molar-refractivity contribution in [3.05, 3.63) is 33.8 Å². The standard InChI is InChI=1S/C15H19NS2/c1-11-4-2-5-14(11)16-9-13-8-12(10-18-13)15-6-3-7-17-15/h3,6-8,10-11,14,16H,2,4-5,9H2,1H3. The van der Waals surface area contributed by atoms with Crippen LogP contribution in [0.3, 0.4) is 0 Å². The highest BCUT2D eigenvalue weighted by Crippen LogP contribution is 2.30. The van der Waals surface area contributed by atoms with Crippen LogP contribution in [-0.4, -0.2) is 6.04 Å². The van der Waals surface area contributed by atoms with E-state index in [1.54, 1.807) is 0 Å². The van der Waals surface area contributed by atoms with Gasteiger partial charge in [0.2, 0.25) is 0 Å². The van der Waals surface area contributed by atoms with E-state index >= 15 is 0 Å². The fourth-order valence-electron chi connectivity index (χ4n) is 2.73. The minimum absolute atomic E-state index is 0.734. The molecule has 2 aromatic rings. The zero-order chi connectivity index (χ0) is 12.4. The first-order chi connectivity index (χ1) is 8.83. The lowest BCUT2D eigenvalue weighted by molar-refractivity contribution is 0.427. The molecular formula is C15H19NS2. The predicted octanol–water partition coefficient (Wildman–Crippen LogP) is 4.75. The average Bonchev–Trinajstić information content (AvgIpc) is 3.08. The topological polar surface area (TPSA) is 12.0 Å². The lowest BCUT2D eigenvalue weighted by Gasteiger charge is -2.16. The molecule has 0 radical (unpaired) electrons. The van der Waals surface area contributed by atoms with E-state index in [-0.39, 0.29) is 0 Å². The molecule has 1 fully saturated rings. The van der Waals surface area contributed by atoms with Gasteiger partial charge in [0.05, 0.1) is 0 Å². The number of hydrogen-bond donors (Lipinski definition) is 1. The molecule has 3 heteroatoms. The molecule has 18 heavy (non-hydrogen) atoms. The number of nitrogens with one attached hydrogen (secondary N) is 1. The SMILES string of the molecule is CC1CCCC1NCc1cc(-c2cccs2)cs1. The number of rotatable bonds is 4. The van der Waals surface area contributed by atoms with Gasteiger partial charge in [0, 0.05) is 27.9 Å². The Hall–Kier alpha value is -0.640. The van der Waals surface area contributed by atoms with E-state index in [1.165, 1.54) is 34.6 Å². The molecule has 0 bridgehead atoms. The summed E-state index contributed by atoms with van der Waals surface area (Å²) in [6, 6.07) is 7.39. The van der Waals surface area contributed by atoms with Gasteiger partial charge in [0.1, 0.15) is 0 Å². The largest absolute Gasteiger partial charge is 0.309 e. The van der Waals surface area contributed by atoms with Crippen molar-refractivity contribution >= 4 is 22.7 Å². The van der Waals surface area contributed by atoms with Crippen molar-refractivity contribution in [1.82, 2.24) is 5.32 Å². The van der Waals surface area contributed by atoms with Crippen LogP contribution in [0.25, 0.3) is 10.4 Å². The summed E-state index contributed by atoms with van der Waals surface area (Å²) in [6.45, 7) is 3.40. The second-order valence-electron chi connectivity index (χ2n) is 5.17. The average molecular weight is 277 g/mol. The van der Waals surface area contributed by atoms with Crippen molar-refractivity contribution in [3.63, 3.8) is 0 Å². The van der Waals surface area contributed by atoms with Crippen molar-refractivity contribution in [2.45, 2.75) is 38.8 Å². The van der Waals surface area contributed by atoms with Crippen molar-refractivity contribution in [1.29, 1.82) is 0 Å². The Morgan fingerprint density at radius 3 is 3.00 bits per heavy atom. The quantitative estimate of drug-likeness (QED) is 0.850. The first-order valence-corrected chi connectivity index (χ1v) is 8.43. The van der Waals surface area contributed by atoms with Gasteiger partial charge in [0.15, 0.2) is 0 Å². The lowest BCUT2D eigenvalue weighted by atomic mass is 10.1. The van der Waals surface area contributed by atoms with Gasteiger partial charge in [-0.1, -0.05) is 19.4 Å². The van der Waals surface area contributed by atoms with Crippen LogP contribution >= 0.6 is 22.7 Å². The molecule has 2 heterocycles. The minimum atomic E-state index is 0.734. The maximum atomic E-state index is 3.72. The summed E-state index contributed by atoms with van der Waals surface area (Å²) in [6.07, 6.45) is 4.14. The second-order valence-corrected chi connectivity index (χ2v) is 7.12. The third-order valence-electron chi connectivity index (χ3n) is 3.86. The van der Waals surface area contributed by atoms with E-state index in [0.717, 1.165) is 18.5 Å². The van der Waals surface area contributed by atoms with Gasteiger partial charge in [-0.2, -0.15) is 0 Å². The monoisotopic (exact) mass is 277 g/mol. The molecule has 1 nitrogen and oxygen atoms in total. The van der Waals surface area contributed by atoms with E-state index < -0.39 is 0 Å². The van der Waals surface area contributed by atoms with Gasteiger partial charge >= 0.3 is 0 Å². The smallest absolute Gasteiger partial charge is 0.0351 e. The first-order valence-electron chi connectivity index (χ1n) is 6.67. The molecule has 0 spiro atoms. The Kier molecular flexibility index (Phi) is 3.83. The summed E-state index contributed by atoms with van der Waals surface area (Å²) in [5.74, 6) is 0.849. The fourth-order valence-corrected chi connectivity index (χ4v) is 4.35. The molecule has 1 saturated carbocycles. The second kappa shape index (κ2) is 5.55. The summed E-state index contributed by atoms with van der Waals surface area (Å²) < 4.78 is 0. The van der Waals surface area contributed by atoms with Gasteiger partial charge in [-0.25, -0.2) is 0 Å². The molecule has 1 aliphatic rings. The highest BCUT2D eigenvalue weighted by Gasteiger charge is 2.22. The van der Waals surface area contributed by atoms with Crippen LogP contribution in [0.5, 0.6) is 0 Å². The van der Waals surface area contributed by atoms with Crippen molar-refractivity contribution in [2.24, 2.45) is 5.92 Å². The van der Waals surface area contributed by atoms with E-state index in [4.69, 9.17) is 0 Å². The highest BCUT2D eigenvalue weighted by molar-refractivity contribution is 7.14. The molecule has 0 aromatic carbocycles. The molecule has 2 atom stereocenters. The summed E-state index contributed by atoms with van der Waals surface area (Å²) in [5, 5.41) is 8.14. The number of thiophene rings is 2. The van der Waals surface area contributed by atoms with E-state index in [0.29, 0.717) is 0 Å². The van der Waals surface area contributed by atoms with Crippen LogP contribution in [0.4, 0.5) is 0 Å². The molecule has 3 rings (SSSR count). The molecule has 96 valence electrons. The van der Waals surface area contributed by atoms with Gasteiger partial charge in [-0.05, 0) is 41.7 Å². The molecule has 2 aromatic heterocycles. The highest BCUT2D eigenvalue weighted by atomic mass is 32.1. The Balaban J connectivity index is 1.60. The Labute approximate surface area is 117 Å². The first kappa shape index (κ1) is 12.4. The normalized spacial score (nSPS) is 23.6. The molecule has 0 aliphatic heterocycles. The Morgan fingerprint density at radius 2 is 2.28 bits per heavy atom. The van der Waals surface area contributed by atoms with Crippen LogP contribution in [0.1, 0.15) is 31.1 Å². The summed E-state index contributed by atoms with van der Waals surface area (Å²) in [4.78, 5) is 2.84. The lowest BCUT2D eigenvalue weighted by Crippen LogP contribution is -2.30. The Bertz CT molecular complexity index is 486. The summed E-state index contributed by atoms with van der Waals surface area (Å²) in [5.41, 5.74) is 1.38. The third-order valence-corrected chi connectivity index (χ3v) is 5.72.